The molecule has 2 amide bonds. The van der Waals surface area contributed by atoms with Crippen LogP contribution in [0, 0.1) is 5.92 Å². The van der Waals surface area contributed by atoms with Crippen LogP contribution in [0.3, 0.4) is 0 Å². The number of esters is 1. The predicted octanol–water partition coefficient (Wildman–Crippen LogP) is 3.88. The van der Waals surface area contributed by atoms with E-state index in [0.29, 0.717) is 72.5 Å². The fraction of sp³-hybridized carbons (Fsp3) is 0.429. The van der Waals surface area contributed by atoms with E-state index in [4.69, 9.17) is 4.74 Å². The second-order valence-electron chi connectivity index (χ2n) is 14.9. The number of likely N-dealkylation sites (tertiary alicyclic amines) is 1. The smallest absolute Gasteiger partial charge is 0.317 e. The Bertz CT molecular complexity index is 2000. The molecule has 4 aliphatic rings. The van der Waals surface area contributed by atoms with Crippen LogP contribution < -0.4 is 16.2 Å². The van der Waals surface area contributed by atoms with Gasteiger partial charge < -0.3 is 35.5 Å². The highest BCUT2D eigenvalue weighted by Gasteiger charge is 2.47. The van der Waals surface area contributed by atoms with Crippen molar-refractivity contribution in [3.05, 3.63) is 111 Å². The van der Waals surface area contributed by atoms with E-state index in [1.165, 1.54) is 12.1 Å². The first-order valence-electron chi connectivity index (χ1n) is 19.1. The van der Waals surface area contributed by atoms with Crippen molar-refractivity contribution in [2.75, 3.05) is 52.4 Å². The van der Waals surface area contributed by atoms with Crippen molar-refractivity contribution in [1.82, 2.24) is 25.4 Å². The van der Waals surface area contributed by atoms with Gasteiger partial charge in [0.25, 0.3) is 11.8 Å². The van der Waals surface area contributed by atoms with E-state index in [1.54, 1.807) is 41.3 Å². The monoisotopic (exact) mass is 735 g/mol. The normalized spacial score (nSPS) is 21.1. The van der Waals surface area contributed by atoms with Crippen LogP contribution in [0.2, 0.25) is 0 Å². The highest BCUT2D eigenvalue weighted by Crippen LogP contribution is 2.39. The van der Waals surface area contributed by atoms with Gasteiger partial charge in [0.05, 0.1) is 17.0 Å². The van der Waals surface area contributed by atoms with E-state index in [9.17, 15) is 29.4 Å². The molecule has 2 bridgehead atoms. The Hall–Kier alpha value is -5.04. The summed E-state index contributed by atoms with van der Waals surface area (Å²) in [5.74, 6) is -0.155. The number of fused-ring (bicyclic) bond motifs is 4. The van der Waals surface area contributed by atoms with Crippen LogP contribution >= 0.6 is 0 Å². The standard InChI is InChI=1S/C42H49N5O7/c48-34-14-12-32(33-13-15-37(50)45-38(33)34)35(49)26-43-20-4-5-21-44-39(51)29-8-10-30(11-9-29)40(52)47-24-18-42(19-25-47,31-6-2-1-3-7-31)41(53)54-36-27-46-22-16-28(36)17-23-46/h1-3,6-15,28,35-36,43,48-49H,4-5,16-27H2,(H,44,51)(H,45,50). The Kier molecular flexibility index (Phi) is 11.4. The van der Waals surface area contributed by atoms with Gasteiger partial charge in [-0.05, 0) is 112 Å². The van der Waals surface area contributed by atoms with E-state index in [2.05, 4.69) is 20.5 Å². The number of aromatic amines is 1. The average Bonchev–Trinajstić information content (AvgIpc) is 3.21. The van der Waals surface area contributed by atoms with Crippen LogP contribution in [-0.2, 0) is 14.9 Å². The summed E-state index contributed by atoms with van der Waals surface area (Å²) in [5.41, 5.74) is 1.67. The number of aromatic nitrogens is 1. The van der Waals surface area contributed by atoms with E-state index in [1.807, 2.05) is 30.3 Å². The summed E-state index contributed by atoms with van der Waals surface area (Å²) in [5, 5.41) is 27.5. The number of ether oxygens (including phenoxy) is 1. The van der Waals surface area contributed by atoms with Gasteiger partial charge in [-0.2, -0.15) is 0 Å². The summed E-state index contributed by atoms with van der Waals surface area (Å²) in [6.07, 6.45) is 3.68. The molecular weight excluding hydrogens is 686 g/mol. The molecular formula is C42H49N5O7. The lowest BCUT2D eigenvalue weighted by Crippen LogP contribution is -2.55. The number of pyridine rings is 1. The number of hydrogen-bond acceptors (Lipinski definition) is 9. The minimum atomic E-state index is -0.838. The summed E-state index contributed by atoms with van der Waals surface area (Å²) in [4.78, 5) is 58.8. The van der Waals surface area contributed by atoms with Crippen molar-refractivity contribution in [3.8, 4) is 5.75 Å². The lowest BCUT2D eigenvalue weighted by molar-refractivity contribution is -0.167. The molecule has 4 saturated heterocycles. The van der Waals surface area contributed by atoms with Crippen molar-refractivity contribution in [2.45, 2.75) is 56.1 Å². The third-order valence-corrected chi connectivity index (χ3v) is 11.5. The van der Waals surface area contributed by atoms with Crippen molar-refractivity contribution in [2.24, 2.45) is 5.92 Å². The number of amides is 2. The number of rotatable bonds is 13. The number of phenolic OH excluding ortho intramolecular Hbond substituents is 1. The molecule has 0 spiro atoms. The quantitative estimate of drug-likeness (QED) is 0.101. The van der Waals surface area contributed by atoms with E-state index in [-0.39, 0.29) is 41.7 Å². The Morgan fingerprint density at radius 3 is 2.28 bits per heavy atom. The Labute approximate surface area is 314 Å². The summed E-state index contributed by atoms with van der Waals surface area (Å²) in [7, 11) is 0. The summed E-state index contributed by atoms with van der Waals surface area (Å²) in [6, 6.07) is 22.6. The Morgan fingerprint density at radius 2 is 1.57 bits per heavy atom. The van der Waals surface area contributed by atoms with Gasteiger partial charge in [-0.15, -0.1) is 0 Å². The van der Waals surface area contributed by atoms with Crippen molar-refractivity contribution in [3.63, 3.8) is 0 Å². The number of unbranched alkanes of at least 4 members (excludes halogenated alkanes) is 1. The molecule has 12 nitrogen and oxygen atoms in total. The zero-order valence-corrected chi connectivity index (χ0v) is 30.5. The van der Waals surface area contributed by atoms with Crippen LogP contribution in [0.4, 0.5) is 0 Å². The second-order valence-corrected chi connectivity index (χ2v) is 14.9. The first kappa shape index (κ1) is 37.3. The SMILES string of the molecule is O=C(NCCCCNCC(O)c1ccc(O)c2[nH]c(=O)ccc12)c1ccc(C(=O)N2CCC(C(=O)OC3CN4CCC3CC4)(c3ccccc3)CC2)cc1. The van der Waals surface area contributed by atoms with Gasteiger partial charge in [-0.3, -0.25) is 24.1 Å². The van der Waals surface area contributed by atoms with Crippen molar-refractivity contribution >= 4 is 28.7 Å². The number of nitrogens with zero attached hydrogens (tertiary/aromatic N) is 2. The van der Waals surface area contributed by atoms with Gasteiger partial charge >= 0.3 is 5.97 Å². The number of aliphatic hydroxyl groups is 1. The molecule has 3 aromatic carbocycles. The third-order valence-electron chi connectivity index (χ3n) is 11.5. The molecule has 4 aromatic rings. The Morgan fingerprint density at radius 1 is 0.870 bits per heavy atom. The van der Waals surface area contributed by atoms with Gasteiger partial charge in [0.15, 0.2) is 0 Å². The molecule has 5 N–H and O–H groups in total. The molecule has 2 atom stereocenters. The number of aliphatic hydroxyl groups excluding tert-OH is 1. The number of aromatic hydroxyl groups is 1. The fourth-order valence-corrected chi connectivity index (χ4v) is 8.28. The number of nitrogens with one attached hydrogen (secondary N) is 3. The summed E-state index contributed by atoms with van der Waals surface area (Å²) in [6.45, 7) is 5.19. The van der Waals surface area contributed by atoms with Crippen LogP contribution in [0.5, 0.6) is 5.75 Å². The molecule has 0 saturated carbocycles. The van der Waals surface area contributed by atoms with Gasteiger partial charge in [-0.25, -0.2) is 0 Å². The van der Waals surface area contributed by atoms with Gasteiger partial charge in [0.2, 0.25) is 5.56 Å². The number of piperidine rings is 4. The van der Waals surface area contributed by atoms with Crippen LogP contribution in [0.25, 0.3) is 10.9 Å². The van der Waals surface area contributed by atoms with Gasteiger partial charge in [-0.1, -0.05) is 36.4 Å². The molecule has 12 heteroatoms. The number of phenols is 1. The minimum Gasteiger partial charge on any atom is -0.506 e. The maximum absolute atomic E-state index is 14.0. The topological polar surface area (TPSA) is 164 Å². The molecule has 0 radical (unpaired) electrons. The molecule has 5 heterocycles. The third kappa shape index (κ3) is 8.06. The highest BCUT2D eigenvalue weighted by atomic mass is 16.5. The number of H-pyrrole nitrogens is 1. The van der Waals surface area contributed by atoms with Crippen molar-refractivity contribution < 1.29 is 29.3 Å². The van der Waals surface area contributed by atoms with Gasteiger partial charge in [0.1, 0.15) is 11.9 Å². The predicted molar refractivity (Wildman–Crippen MR) is 204 cm³/mol. The lowest BCUT2D eigenvalue weighted by Gasteiger charge is -2.46. The largest absolute Gasteiger partial charge is 0.506 e. The average molecular weight is 736 g/mol. The summed E-state index contributed by atoms with van der Waals surface area (Å²) < 4.78 is 6.28. The number of carbonyl (C=O) groups excluding carboxylic acids is 3. The summed E-state index contributed by atoms with van der Waals surface area (Å²) >= 11 is 0. The molecule has 8 rings (SSSR count). The van der Waals surface area contributed by atoms with Crippen LogP contribution in [-0.4, -0.2) is 101 Å². The Balaban J connectivity index is 0.852. The fourth-order valence-electron chi connectivity index (χ4n) is 8.28. The zero-order chi connectivity index (χ0) is 37.7. The molecule has 1 aromatic heterocycles. The second kappa shape index (κ2) is 16.5. The maximum Gasteiger partial charge on any atom is 0.317 e. The lowest BCUT2D eigenvalue weighted by atomic mass is 9.72. The molecule has 2 unspecified atom stereocenters. The van der Waals surface area contributed by atoms with Gasteiger partial charge in [0, 0.05) is 55.3 Å². The van der Waals surface area contributed by atoms with Crippen LogP contribution in [0.15, 0.2) is 83.7 Å². The highest BCUT2D eigenvalue weighted by molar-refractivity contribution is 5.98. The number of benzene rings is 3. The number of carbonyl (C=O) groups is 3. The molecule has 4 fully saturated rings. The first-order chi connectivity index (χ1) is 26.2. The maximum atomic E-state index is 14.0. The molecule has 0 aliphatic carbocycles. The van der Waals surface area contributed by atoms with E-state index in [0.717, 1.165) is 50.9 Å². The van der Waals surface area contributed by atoms with Crippen molar-refractivity contribution in [1.29, 1.82) is 0 Å². The molecule has 4 aliphatic heterocycles. The van der Waals surface area contributed by atoms with E-state index < -0.39 is 11.5 Å². The molecule has 54 heavy (non-hydrogen) atoms. The van der Waals surface area contributed by atoms with E-state index >= 15 is 0 Å². The van der Waals surface area contributed by atoms with Crippen LogP contribution in [0.1, 0.15) is 76.5 Å². The first-order valence-corrected chi connectivity index (χ1v) is 19.1. The zero-order valence-electron chi connectivity index (χ0n) is 30.5. The minimum absolute atomic E-state index is 0.0541. The number of hydrogen-bond donors (Lipinski definition) is 5. The molecule has 284 valence electrons.